The third-order valence-corrected chi connectivity index (χ3v) is 3.74. The summed E-state index contributed by atoms with van der Waals surface area (Å²) in [6.07, 6.45) is 2.77. The van der Waals surface area contributed by atoms with Gasteiger partial charge in [-0.25, -0.2) is 4.79 Å². The molecule has 2 aromatic rings. The topological polar surface area (TPSA) is 51.5 Å². The number of hydrogen-bond donors (Lipinski definition) is 0. The third kappa shape index (κ3) is 3.92. The van der Waals surface area contributed by atoms with Crippen molar-refractivity contribution in [2.24, 2.45) is 7.05 Å². The normalized spacial score (nSPS) is 12.9. The maximum atomic E-state index is 12.2. The Labute approximate surface area is 136 Å². The Kier molecular flexibility index (Phi) is 4.78. The Bertz CT molecular complexity index is 713. The number of amides is 1. The Morgan fingerprint density at radius 3 is 2.61 bits per heavy atom. The Balaban J connectivity index is 2.21. The maximum absolute atomic E-state index is 12.2. The fourth-order valence-electron chi connectivity index (χ4n) is 2.56. The summed E-state index contributed by atoms with van der Waals surface area (Å²) in [5.41, 5.74) is 1.56. The molecule has 1 aromatic heterocycles. The van der Waals surface area contributed by atoms with Crippen molar-refractivity contribution in [1.29, 1.82) is 0 Å². The van der Waals surface area contributed by atoms with E-state index in [4.69, 9.17) is 4.74 Å². The van der Waals surface area contributed by atoms with Gasteiger partial charge in [0.15, 0.2) is 0 Å². The molecule has 0 bridgehead atoms. The number of rotatable bonds is 4. The zero-order valence-electron chi connectivity index (χ0n) is 14.4. The van der Waals surface area contributed by atoms with E-state index in [2.05, 4.69) is 0 Å². The predicted octanol–water partition coefficient (Wildman–Crippen LogP) is 3.16. The van der Waals surface area contributed by atoms with Crippen LogP contribution in [0, 0.1) is 0 Å². The molecule has 5 nitrogen and oxygen atoms in total. The molecule has 0 saturated carbocycles. The van der Waals surface area contributed by atoms with Gasteiger partial charge in [-0.15, -0.1) is 0 Å². The Morgan fingerprint density at radius 2 is 2.00 bits per heavy atom. The van der Waals surface area contributed by atoms with Crippen LogP contribution in [0.4, 0.5) is 4.79 Å². The van der Waals surface area contributed by atoms with Crippen LogP contribution in [0.15, 0.2) is 30.5 Å². The van der Waals surface area contributed by atoms with Crippen molar-refractivity contribution in [2.45, 2.75) is 38.8 Å². The number of carbonyl (C=O) groups is 2. The molecule has 0 N–H and O–H groups in total. The van der Waals surface area contributed by atoms with Crippen LogP contribution < -0.4 is 0 Å². The second-order valence-electron chi connectivity index (χ2n) is 6.78. The first kappa shape index (κ1) is 17.1. The molecule has 23 heavy (non-hydrogen) atoms. The molecule has 0 radical (unpaired) electrons. The molecule has 0 aliphatic heterocycles. The number of para-hydroxylation sites is 1. The van der Waals surface area contributed by atoms with Crippen molar-refractivity contribution in [2.75, 3.05) is 7.05 Å². The standard InChI is InChI=1S/C18H24N2O3/c1-18(2,3)23-17(22)20(5)14(12-21)10-13-11-19(4)16-9-7-6-8-15(13)16/h6-9,11-12,14H,10H2,1-5H3/t14-/m1/s1. The molecule has 2 rings (SSSR count). The van der Waals surface area contributed by atoms with Gasteiger partial charge < -0.3 is 19.0 Å². The molecule has 1 aromatic carbocycles. The number of nitrogens with zero attached hydrogens (tertiary/aromatic N) is 2. The van der Waals surface area contributed by atoms with E-state index < -0.39 is 17.7 Å². The number of likely N-dealkylation sites (N-methyl/N-ethyl adjacent to an activating group) is 1. The maximum Gasteiger partial charge on any atom is 0.410 e. The van der Waals surface area contributed by atoms with Crippen LogP contribution in [-0.2, 0) is 23.0 Å². The summed E-state index contributed by atoms with van der Waals surface area (Å²) in [6, 6.07) is 7.46. The lowest BCUT2D eigenvalue weighted by Crippen LogP contribution is -2.42. The van der Waals surface area contributed by atoms with Crippen molar-refractivity contribution in [3.8, 4) is 0 Å². The van der Waals surface area contributed by atoms with Gasteiger partial charge in [0.05, 0.1) is 6.04 Å². The van der Waals surface area contributed by atoms with Crippen LogP contribution in [0.5, 0.6) is 0 Å². The summed E-state index contributed by atoms with van der Waals surface area (Å²) in [5.74, 6) is 0. The van der Waals surface area contributed by atoms with Crippen LogP contribution in [0.1, 0.15) is 26.3 Å². The molecule has 0 unspecified atom stereocenters. The van der Waals surface area contributed by atoms with Crippen LogP contribution in [-0.4, -0.2) is 40.5 Å². The Morgan fingerprint density at radius 1 is 1.35 bits per heavy atom. The van der Waals surface area contributed by atoms with Crippen LogP contribution in [0.2, 0.25) is 0 Å². The average Bonchev–Trinajstić information content (AvgIpc) is 2.79. The highest BCUT2D eigenvalue weighted by Crippen LogP contribution is 2.22. The van der Waals surface area contributed by atoms with Crippen LogP contribution >= 0.6 is 0 Å². The van der Waals surface area contributed by atoms with Gasteiger partial charge in [-0.3, -0.25) is 0 Å². The number of hydrogen-bond acceptors (Lipinski definition) is 3. The second-order valence-corrected chi connectivity index (χ2v) is 6.78. The molecular weight excluding hydrogens is 292 g/mol. The molecule has 124 valence electrons. The quantitative estimate of drug-likeness (QED) is 0.814. The van der Waals surface area contributed by atoms with E-state index >= 15 is 0 Å². The van der Waals surface area contributed by atoms with Crippen molar-refractivity contribution in [3.63, 3.8) is 0 Å². The number of aldehydes is 1. The van der Waals surface area contributed by atoms with E-state index in [1.54, 1.807) is 27.8 Å². The lowest BCUT2D eigenvalue weighted by atomic mass is 10.1. The van der Waals surface area contributed by atoms with Gasteiger partial charge in [-0.2, -0.15) is 0 Å². The van der Waals surface area contributed by atoms with E-state index in [0.29, 0.717) is 6.42 Å². The minimum absolute atomic E-state index is 0.459. The van der Waals surface area contributed by atoms with E-state index in [9.17, 15) is 9.59 Å². The molecule has 0 aliphatic carbocycles. The molecule has 1 amide bonds. The molecule has 0 spiro atoms. The zero-order chi connectivity index (χ0) is 17.2. The molecule has 5 heteroatoms. The highest BCUT2D eigenvalue weighted by atomic mass is 16.6. The van der Waals surface area contributed by atoms with Gasteiger partial charge in [0, 0.05) is 37.6 Å². The number of ether oxygens (including phenoxy) is 1. The lowest BCUT2D eigenvalue weighted by Gasteiger charge is -2.28. The van der Waals surface area contributed by atoms with Crippen molar-refractivity contribution < 1.29 is 14.3 Å². The number of fused-ring (bicyclic) bond motifs is 1. The number of benzene rings is 1. The molecular formula is C18H24N2O3. The van der Waals surface area contributed by atoms with Crippen molar-refractivity contribution in [1.82, 2.24) is 9.47 Å². The first-order valence-electron chi connectivity index (χ1n) is 7.67. The first-order valence-corrected chi connectivity index (χ1v) is 7.67. The van der Waals surface area contributed by atoms with E-state index in [0.717, 1.165) is 22.8 Å². The smallest absolute Gasteiger partial charge is 0.410 e. The molecule has 0 saturated heterocycles. The highest BCUT2D eigenvalue weighted by molar-refractivity contribution is 5.84. The van der Waals surface area contributed by atoms with Crippen molar-refractivity contribution >= 4 is 23.3 Å². The minimum atomic E-state index is -0.585. The molecule has 0 aliphatic rings. The number of aryl methyl sites for hydroxylation is 1. The zero-order valence-corrected chi connectivity index (χ0v) is 14.4. The van der Waals surface area contributed by atoms with Gasteiger partial charge in [0.1, 0.15) is 11.9 Å². The summed E-state index contributed by atoms with van der Waals surface area (Å²) in [6.45, 7) is 5.41. The SMILES string of the molecule is CN(C(=O)OC(C)(C)C)[C@@H](C=O)Cc1cn(C)c2ccccc12. The number of aromatic nitrogens is 1. The fraction of sp³-hybridized carbons (Fsp3) is 0.444. The van der Waals surface area contributed by atoms with Gasteiger partial charge in [0.25, 0.3) is 0 Å². The highest BCUT2D eigenvalue weighted by Gasteiger charge is 2.26. The van der Waals surface area contributed by atoms with E-state index in [-0.39, 0.29) is 0 Å². The van der Waals surface area contributed by atoms with E-state index in [1.165, 1.54) is 4.90 Å². The van der Waals surface area contributed by atoms with Gasteiger partial charge >= 0.3 is 6.09 Å². The summed E-state index contributed by atoms with van der Waals surface area (Å²) in [5, 5.41) is 1.10. The summed E-state index contributed by atoms with van der Waals surface area (Å²) in [4.78, 5) is 25.0. The summed E-state index contributed by atoms with van der Waals surface area (Å²) < 4.78 is 7.36. The third-order valence-electron chi connectivity index (χ3n) is 3.74. The van der Waals surface area contributed by atoms with Gasteiger partial charge in [-0.1, -0.05) is 18.2 Å². The fourth-order valence-corrected chi connectivity index (χ4v) is 2.56. The molecule has 0 fully saturated rings. The minimum Gasteiger partial charge on any atom is -0.444 e. The average molecular weight is 316 g/mol. The number of carbonyl (C=O) groups excluding carboxylic acids is 2. The summed E-state index contributed by atoms with van der Waals surface area (Å²) >= 11 is 0. The summed E-state index contributed by atoms with van der Waals surface area (Å²) in [7, 11) is 3.57. The van der Waals surface area contributed by atoms with Crippen molar-refractivity contribution in [3.05, 3.63) is 36.0 Å². The molecule has 1 heterocycles. The Hall–Kier alpha value is -2.30. The van der Waals surface area contributed by atoms with Crippen LogP contribution in [0.3, 0.4) is 0 Å². The monoisotopic (exact) mass is 316 g/mol. The lowest BCUT2D eigenvalue weighted by molar-refractivity contribution is -0.112. The van der Waals surface area contributed by atoms with Gasteiger partial charge in [-0.05, 0) is 32.4 Å². The first-order chi connectivity index (χ1) is 10.7. The second kappa shape index (κ2) is 6.44. The van der Waals surface area contributed by atoms with Crippen LogP contribution in [0.25, 0.3) is 10.9 Å². The predicted molar refractivity (Wildman–Crippen MR) is 90.5 cm³/mol. The van der Waals surface area contributed by atoms with Gasteiger partial charge in [0.2, 0.25) is 0 Å². The largest absolute Gasteiger partial charge is 0.444 e. The van der Waals surface area contributed by atoms with E-state index in [1.807, 2.05) is 42.1 Å². The molecule has 1 atom stereocenters.